The molecule has 1 aromatic carbocycles. The number of rotatable bonds is 3. The highest BCUT2D eigenvalue weighted by Gasteiger charge is 2.36. The van der Waals surface area contributed by atoms with E-state index in [0.29, 0.717) is 23.2 Å². The second-order valence-corrected chi connectivity index (χ2v) is 7.49. The predicted octanol–water partition coefficient (Wildman–Crippen LogP) is 2.96. The monoisotopic (exact) mass is 361 g/mol. The van der Waals surface area contributed by atoms with Gasteiger partial charge in [-0.3, -0.25) is 0 Å². The Balaban J connectivity index is 2.07. The van der Waals surface area contributed by atoms with Crippen molar-refractivity contribution in [1.29, 1.82) is 0 Å². The number of hydrogen-bond donors (Lipinski definition) is 0. The molecule has 1 aromatic rings. The largest absolute Gasteiger partial charge is 0.245 e. The van der Waals surface area contributed by atoms with Gasteiger partial charge in [0, 0.05) is 17.9 Å². The summed E-state index contributed by atoms with van der Waals surface area (Å²) in [6, 6.07) is 5.15. The molecule has 5 nitrogen and oxygen atoms in total. The lowest BCUT2D eigenvalue weighted by Crippen LogP contribution is -2.36. The van der Waals surface area contributed by atoms with Crippen molar-refractivity contribution in [3.8, 4) is 0 Å². The van der Waals surface area contributed by atoms with E-state index in [2.05, 4.69) is 24.7 Å². The number of nitrogens with zero attached hydrogens (tertiary/aromatic N) is 3. The molecule has 19 heavy (non-hydrogen) atoms. The SMILES string of the molecule is O=S(=O)(c1cccc2c1N=S=N2)N1CCCC1CBr. The molecule has 1 saturated heterocycles. The maximum Gasteiger partial charge on any atom is 0.245 e. The molecule has 2 heterocycles. The first-order valence-corrected chi connectivity index (χ1v) is 9.23. The fourth-order valence-corrected chi connectivity index (χ4v) is 5.71. The van der Waals surface area contributed by atoms with E-state index >= 15 is 0 Å². The van der Waals surface area contributed by atoms with Crippen LogP contribution in [0.5, 0.6) is 0 Å². The minimum absolute atomic E-state index is 0.0341. The van der Waals surface area contributed by atoms with Crippen LogP contribution in [0.1, 0.15) is 12.8 Å². The smallest absolute Gasteiger partial charge is 0.207 e. The molecule has 0 bridgehead atoms. The lowest BCUT2D eigenvalue weighted by atomic mass is 10.3. The molecule has 0 saturated carbocycles. The molecule has 1 unspecified atom stereocenters. The van der Waals surface area contributed by atoms with E-state index in [9.17, 15) is 8.42 Å². The molecular formula is C11H12BrN3O2S2. The van der Waals surface area contributed by atoms with Gasteiger partial charge in [-0.1, -0.05) is 22.0 Å². The van der Waals surface area contributed by atoms with E-state index in [1.54, 1.807) is 22.5 Å². The summed E-state index contributed by atoms with van der Waals surface area (Å²) >= 11 is 4.43. The Hall–Kier alpha value is -0.570. The Kier molecular flexibility index (Phi) is 3.59. The predicted molar refractivity (Wildman–Crippen MR) is 78.7 cm³/mol. The normalized spacial score (nSPS) is 22.5. The molecule has 0 aromatic heterocycles. The van der Waals surface area contributed by atoms with Crippen molar-refractivity contribution < 1.29 is 8.42 Å². The van der Waals surface area contributed by atoms with Gasteiger partial charge in [-0.15, -0.1) is 0 Å². The molecule has 0 radical (unpaired) electrons. The van der Waals surface area contributed by atoms with Gasteiger partial charge >= 0.3 is 0 Å². The van der Waals surface area contributed by atoms with Gasteiger partial charge in [-0.2, -0.15) is 13.0 Å². The van der Waals surface area contributed by atoms with Crippen LogP contribution in [-0.2, 0) is 21.4 Å². The van der Waals surface area contributed by atoms with Crippen molar-refractivity contribution in [2.24, 2.45) is 8.73 Å². The summed E-state index contributed by atoms with van der Waals surface area (Å²) in [5, 5.41) is 0.664. The van der Waals surface area contributed by atoms with Gasteiger partial charge in [0.15, 0.2) is 0 Å². The Labute approximate surface area is 124 Å². The number of halogens is 1. The van der Waals surface area contributed by atoms with Crippen LogP contribution >= 0.6 is 15.9 Å². The van der Waals surface area contributed by atoms with Gasteiger partial charge in [-0.25, -0.2) is 8.42 Å². The van der Waals surface area contributed by atoms with Crippen LogP contribution in [0.2, 0.25) is 0 Å². The van der Waals surface area contributed by atoms with E-state index in [0.717, 1.165) is 24.2 Å². The van der Waals surface area contributed by atoms with Crippen LogP contribution in [0.3, 0.4) is 0 Å². The van der Waals surface area contributed by atoms with Crippen molar-refractivity contribution in [2.45, 2.75) is 23.8 Å². The molecule has 2 aliphatic heterocycles. The fraction of sp³-hybridized carbons (Fsp3) is 0.455. The molecule has 0 spiro atoms. The number of sulfonamides is 1. The van der Waals surface area contributed by atoms with Gasteiger partial charge in [0.2, 0.25) is 10.0 Å². The second-order valence-electron chi connectivity index (χ2n) is 4.45. The van der Waals surface area contributed by atoms with E-state index in [1.807, 2.05) is 0 Å². The van der Waals surface area contributed by atoms with E-state index in [1.165, 1.54) is 0 Å². The van der Waals surface area contributed by atoms with E-state index in [4.69, 9.17) is 0 Å². The highest BCUT2D eigenvalue weighted by Crippen LogP contribution is 2.40. The van der Waals surface area contributed by atoms with E-state index < -0.39 is 10.0 Å². The Morgan fingerprint density at radius 1 is 1.42 bits per heavy atom. The summed E-state index contributed by atoms with van der Waals surface area (Å²) < 4.78 is 35.3. The van der Waals surface area contributed by atoms with Crippen LogP contribution in [0.4, 0.5) is 11.4 Å². The zero-order valence-corrected chi connectivity index (χ0v) is 13.2. The third-order valence-electron chi connectivity index (χ3n) is 3.34. The number of alkyl halides is 1. The number of benzene rings is 1. The maximum atomic E-state index is 12.8. The molecule has 8 heteroatoms. The van der Waals surface area contributed by atoms with Crippen molar-refractivity contribution in [3.05, 3.63) is 18.2 Å². The number of hydrogen-bond acceptors (Lipinski definition) is 4. The summed E-state index contributed by atoms with van der Waals surface area (Å²) in [5.74, 6) is 0. The Bertz CT molecular complexity index is 683. The highest BCUT2D eigenvalue weighted by molar-refractivity contribution is 9.09. The van der Waals surface area contributed by atoms with Crippen LogP contribution in [0, 0.1) is 0 Å². The van der Waals surface area contributed by atoms with Crippen LogP contribution in [-0.4, -0.2) is 30.6 Å². The summed E-state index contributed by atoms with van der Waals surface area (Å²) in [4.78, 5) is 0.270. The zero-order valence-electron chi connectivity index (χ0n) is 9.99. The van der Waals surface area contributed by atoms with Crippen LogP contribution in [0.25, 0.3) is 0 Å². The minimum Gasteiger partial charge on any atom is -0.207 e. The first-order chi connectivity index (χ1) is 9.14. The standard InChI is InChI=1S/C11H12BrN3O2S2/c12-7-8-3-2-6-15(8)19(16,17)10-5-1-4-9-11(10)14-18-13-9/h1,4-5,8H,2-3,6-7H2. The molecule has 0 aliphatic carbocycles. The molecule has 102 valence electrons. The molecular weight excluding hydrogens is 350 g/mol. The Morgan fingerprint density at radius 2 is 2.26 bits per heavy atom. The van der Waals surface area contributed by atoms with Gasteiger partial charge in [0.1, 0.15) is 16.3 Å². The zero-order chi connectivity index (χ0) is 13.5. The first-order valence-electron chi connectivity index (χ1n) is 5.93. The molecule has 0 N–H and O–H groups in total. The quantitative estimate of drug-likeness (QED) is 0.788. The topological polar surface area (TPSA) is 62.1 Å². The van der Waals surface area contributed by atoms with E-state index in [-0.39, 0.29) is 10.9 Å². The summed E-state index contributed by atoms with van der Waals surface area (Å²) in [6.45, 7) is 0.576. The van der Waals surface area contributed by atoms with Crippen molar-refractivity contribution >= 4 is 48.7 Å². The van der Waals surface area contributed by atoms with Gasteiger partial charge < -0.3 is 0 Å². The van der Waals surface area contributed by atoms with Crippen molar-refractivity contribution in [2.75, 3.05) is 11.9 Å². The average Bonchev–Trinajstić information content (AvgIpc) is 3.06. The third-order valence-corrected chi connectivity index (χ3v) is 6.61. The van der Waals surface area contributed by atoms with Gasteiger partial charge in [0.25, 0.3) is 0 Å². The minimum atomic E-state index is -3.49. The molecule has 1 fully saturated rings. The van der Waals surface area contributed by atoms with Crippen LogP contribution in [0.15, 0.2) is 31.8 Å². The summed E-state index contributed by atoms with van der Waals surface area (Å²) in [5.41, 5.74) is 1.12. The van der Waals surface area contributed by atoms with Crippen molar-refractivity contribution in [1.82, 2.24) is 4.31 Å². The van der Waals surface area contributed by atoms with Crippen LogP contribution < -0.4 is 0 Å². The first kappa shape index (κ1) is 13.4. The van der Waals surface area contributed by atoms with Crippen molar-refractivity contribution in [3.63, 3.8) is 0 Å². The second kappa shape index (κ2) is 5.08. The van der Waals surface area contributed by atoms with Gasteiger partial charge in [0.05, 0.1) is 11.4 Å². The lowest BCUT2D eigenvalue weighted by molar-refractivity contribution is 0.414. The third kappa shape index (κ3) is 2.20. The maximum absolute atomic E-state index is 12.8. The molecule has 3 rings (SSSR count). The summed E-state index contributed by atoms with van der Waals surface area (Å²) in [6.07, 6.45) is 1.80. The fourth-order valence-electron chi connectivity index (χ4n) is 2.40. The molecule has 0 amide bonds. The molecule has 1 atom stereocenters. The average molecular weight is 362 g/mol. The lowest BCUT2D eigenvalue weighted by Gasteiger charge is -2.22. The molecule has 2 aliphatic rings. The highest BCUT2D eigenvalue weighted by atomic mass is 79.9. The van der Waals surface area contributed by atoms with Gasteiger partial charge in [-0.05, 0) is 25.0 Å². The number of fused-ring (bicyclic) bond motifs is 1. The summed E-state index contributed by atoms with van der Waals surface area (Å²) in [7, 11) is -3.49. The Morgan fingerprint density at radius 3 is 3.05 bits per heavy atom.